The van der Waals surface area contributed by atoms with Crippen molar-refractivity contribution in [1.82, 2.24) is 14.8 Å². The molecule has 218 valence electrons. The number of para-hydroxylation sites is 1. The SMILES string of the molecule is COc1ccc(Cc2nnc(SCC(=O)Nc3ccc(C(N)=O)cc3)n2-c2ccc(Oc3ccccc3)cc2)cc1OC. The van der Waals surface area contributed by atoms with Gasteiger partial charge in [-0.2, -0.15) is 0 Å². The van der Waals surface area contributed by atoms with Gasteiger partial charge < -0.3 is 25.3 Å². The van der Waals surface area contributed by atoms with Crippen molar-refractivity contribution in [3.05, 3.63) is 114 Å². The first kappa shape index (κ1) is 29.2. The van der Waals surface area contributed by atoms with Gasteiger partial charge in [0.1, 0.15) is 17.3 Å². The molecule has 0 spiro atoms. The smallest absolute Gasteiger partial charge is 0.248 e. The zero-order chi connectivity index (χ0) is 30.2. The van der Waals surface area contributed by atoms with Gasteiger partial charge in [-0.05, 0) is 78.4 Å². The summed E-state index contributed by atoms with van der Waals surface area (Å²) in [6.07, 6.45) is 0.453. The minimum Gasteiger partial charge on any atom is -0.493 e. The van der Waals surface area contributed by atoms with Crippen LogP contribution < -0.4 is 25.3 Å². The highest BCUT2D eigenvalue weighted by Crippen LogP contribution is 2.30. The second-order valence-electron chi connectivity index (χ2n) is 9.29. The number of methoxy groups -OCH3 is 2. The first-order chi connectivity index (χ1) is 20.9. The molecule has 10 nitrogen and oxygen atoms in total. The lowest BCUT2D eigenvalue weighted by atomic mass is 10.1. The molecule has 2 amide bonds. The number of nitrogens with zero attached hydrogens (tertiary/aromatic N) is 3. The zero-order valence-corrected chi connectivity index (χ0v) is 24.3. The van der Waals surface area contributed by atoms with E-state index in [9.17, 15) is 9.59 Å². The average Bonchev–Trinajstić information content (AvgIpc) is 3.43. The van der Waals surface area contributed by atoms with Crippen LogP contribution in [0.5, 0.6) is 23.0 Å². The van der Waals surface area contributed by atoms with E-state index in [2.05, 4.69) is 15.5 Å². The number of hydrogen-bond acceptors (Lipinski definition) is 8. The molecule has 0 saturated carbocycles. The number of benzene rings is 4. The number of amides is 2. The number of primary amides is 1. The van der Waals surface area contributed by atoms with Crippen molar-refractivity contribution in [3.8, 4) is 28.7 Å². The maximum atomic E-state index is 12.8. The van der Waals surface area contributed by atoms with Gasteiger partial charge in [-0.15, -0.1) is 10.2 Å². The first-order valence-corrected chi connectivity index (χ1v) is 14.2. The Balaban J connectivity index is 1.38. The van der Waals surface area contributed by atoms with E-state index in [1.807, 2.05) is 77.4 Å². The highest BCUT2D eigenvalue weighted by Gasteiger charge is 2.18. The summed E-state index contributed by atoms with van der Waals surface area (Å²) in [5.74, 6) is 2.66. The van der Waals surface area contributed by atoms with Gasteiger partial charge in [-0.3, -0.25) is 14.2 Å². The van der Waals surface area contributed by atoms with E-state index in [-0.39, 0.29) is 11.7 Å². The van der Waals surface area contributed by atoms with Crippen LogP contribution >= 0.6 is 11.8 Å². The number of ether oxygens (including phenoxy) is 3. The molecule has 0 bridgehead atoms. The largest absolute Gasteiger partial charge is 0.493 e. The van der Waals surface area contributed by atoms with E-state index in [0.717, 1.165) is 17.0 Å². The monoisotopic (exact) mass is 595 g/mol. The van der Waals surface area contributed by atoms with Crippen molar-refractivity contribution in [1.29, 1.82) is 0 Å². The molecule has 4 aromatic carbocycles. The molecular weight excluding hydrogens is 566 g/mol. The molecule has 1 aromatic heterocycles. The molecule has 0 aliphatic carbocycles. The number of anilines is 1. The average molecular weight is 596 g/mol. The Labute approximate surface area is 252 Å². The molecule has 1 heterocycles. The third-order valence-corrected chi connectivity index (χ3v) is 7.30. The van der Waals surface area contributed by atoms with Crippen molar-refractivity contribution >= 4 is 29.3 Å². The van der Waals surface area contributed by atoms with E-state index in [1.165, 1.54) is 11.8 Å². The van der Waals surface area contributed by atoms with Crippen LogP contribution in [0.25, 0.3) is 5.69 Å². The molecule has 0 unspecified atom stereocenters. The van der Waals surface area contributed by atoms with Gasteiger partial charge in [-0.25, -0.2) is 0 Å². The van der Waals surface area contributed by atoms with E-state index >= 15 is 0 Å². The number of carbonyl (C=O) groups excluding carboxylic acids is 2. The Kier molecular flexibility index (Phi) is 9.23. The molecule has 0 saturated heterocycles. The minimum absolute atomic E-state index is 0.0846. The Morgan fingerprint density at radius 2 is 1.53 bits per heavy atom. The molecule has 43 heavy (non-hydrogen) atoms. The van der Waals surface area contributed by atoms with E-state index in [0.29, 0.717) is 45.9 Å². The Hall–Kier alpha value is -5.29. The summed E-state index contributed by atoms with van der Waals surface area (Å²) < 4.78 is 18.7. The maximum absolute atomic E-state index is 12.8. The van der Waals surface area contributed by atoms with E-state index in [1.54, 1.807) is 38.5 Å². The van der Waals surface area contributed by atoms with Crippen LogP contribution in [0.15, 0.2) is 102 Å². The van der Waals surface area contributed by atoms with Crippen molar-refractivity contribution in [2.75, 3.05) is 25.3 Å². The molecule has 0 aliphatic rings. The second-order valence-corrected chi connectivity index (χ2v) is 10.2. The second kappa shape index (κ2) is 13.6. The van der Waals surface area contributed by atoms with Gasteiger partial charge in [0, 0.05) is 23.4 Å². The summed E-state index contributed by atoms with van der Waals surface area (Å²) in [5.41, 5.74) is 7.98. The topological polar surface area (TPSA) is 131 Å². The van der Waals surface area contributed by atoms with Gasteiger partial charge in [0.15, 0.2) is 16.7 Å². The van der Waals surface area contributed by atoms with Crippen LogP contribution in [0.3, 0.4) is 0 Å². The molecule has 0 radical (unpaired) electrons. The summed E-state index contributed by atoms with van der Waals surface area (Å²) in [5, 5.41) is 12.3. The standard InChI is InChI=1S/C32H29N5O5S/c1-40-27-17-8-21(18-28(27)41-2)19-29-35-36-32(43-20-30(38)34-23-11-9-22(10-12-23)31(33)39)37(29)24-13-15-26(16-14-24)42-25-6-4-3-5-7-25/h3-18H,19-20H2,1-2H3,(H2,33,39)(H,34,38). The van der Waals surface area contributed by atoms with Gasteiger partial charge in [0.05, 0.1) is 20.0 Å². The molecule has 0 fully saturated rings. The summed E-state index contributed by atoms with van der Waals surface area (Å²) in [6, 6.07) is 29.2. The molecular formula is C32H29N5O5S. The van der Waals surface area contributed by atoms with Crippen molar-refractivity contribution in [2.24, 2.45) is 5.73 Å². The van der Waals surface area contributed by atoms with Gasteiger partial charge in [0.2, 0.25) is 11.8 Å². The predicted molar refractivity (Wildman–Crippen MR) is 165 cm³/mol. The Bertz CT molecular complexity index is 1710. The van der Waals surface area contributed by atoms with Crippen LogP contribution in [-0.2, 0) is 11.2 Å². The fourth-order valence-corrected chi connectivity index (χ4v) is 5.04. The quantitative estimate of drug-likeness (QED) is 0.181. The fourth-order valence-electron chi connectivity index (χ4n) is 4.27. The van der Waals surface area contributed by atoms with Gasteiger partial charge in [-0.1, -0.05) is 36.0 Å². The number of aromatic nitrogens is 3. The highest BCUT2D eigenvalue weighted by atomic mass is 32.2. The highest BCUT2D eigenvalue weighted by molar-refractivity contribution is 7.99. The summed E-state index contributed by atoms with van der Waals surface area (Å²) in [6.45, 7) is 0. The molecule has 0 aliphatic heterocycles. The molecule has 5 aromatic rings. The van der Waals surface area contributed by atoms with Crippen molar-refractivity contribution in [2.45, 2.75) is 11.6 Å². The number of nitrogens with two attached hydrogens (primary N) is 1. The number of nitrogens with one attached hydrogen (secondary N) is 1. The van der Waals surface area contributed by atoms with E-state index in [4.69, 9.17) is 19.9 Å². The van der Waals surface area contributed by atoms with Crippen LogP contribution in [0.2, 0.25) is 0 Å². The van der Waals surface area contributed by atoms with Crippen LogP contribution in [0.1, 0.15) is 21.7 Å². The first-order valence-electron chi connectivity index (χ1n) is 13.2. The Morgan fingerprint density at radius 3 is 2.21 bits per heavy atom. The molecule has 3 N–H and O–H groups in total. The summed E-state index contributed by atoms with van der Waals surface area (Å²) >= 11 is 1.26. The summed E-state index contributed by atoms with van der Waals surface area (Å²) in [4.78, 5) is 24.1. The van der Waals surface area contributed by atoms with Crippen LogP contribution in [0.4, 0.5) is 5.69 Å². The third-order valence-electron chi connectivity index (χ3n) is 6.37. The lowest BCUT2D eigenvalue weighted by molar-refractivity contribution is -0.113. The lowest BCUT2D eigenvalue weighted by Gasteiger charge is -2.13. The lowest BCUT2D eigenvalue weighted by Crippen LogP contribution is -2.15. The number of hydrogen-bond donors (Lipinski definition) is 2. The number of carbonyl (C=O) groups is 2. The molecule has 5 rings (SSSR count). The van der Waals surface area contributed by atoms with Gasteiger partial charge >= 0.3 is 0 Å². The normalized spacial score (nSPS) is 10.7. The minimum atomic E-state index is -0.531. The Morgan fingerprint density at radius 1 is 0.837 bits per heavy atom. The van der Waals surface area contributed by atoms with E-state index < -0.39 is 5.91 Å². The van der Waals surface area contributed by atoms with Gasteiger partial charge in [0.25, 0.3) is 0 Å². The van der Waals surface area contributed by atoms with Crippen LogP contribution in [0, 0.1) is 0 Å². The number of thioether (sulfide) groups is 1. The fraction of sp³-hybridized carbons (Fsp3) is 0.125. The molecule has 0 atom stereocenters. The molecule has 11 heteroatoms. The maximum Gasteiger partial charge on any atom is 0.248 e. The summed E-state index contributed by atoms with van der Waals surface area (Å²) in [7, 11) is 3.18. The van der Waals surface area contributed by atoms with Crippen molar-refractivity contribution < 1.29 is 23.8 Å². The number of rotatable bonds is 12. The third kappa shape index (κ3) is 7.32. The van der Waals surface area contributed by atoms with Crippen LogP contribution in [-0.4, -0.2) is 46.6 Å². The zero-order valence-electron chi connectivity index (χ0n) is 23.5. The predicted octanol–water partition coefficient (Wildman–Crippen LogP) is 5.50. The van der Waals surface area contributed by atoms with Crippen molar-refractivity contribution in [3.63, 3.8) is 0 Å².